The van der Waals surface area contributed by atoms with Crippen LogP contribution in [-0.4, -0.2) is 28.9 Å². The summed E-state index contributed by atoms with van der Waals surface area (Å²) in [6.07, 6.45) is 1.06. The number of hydrogen-bond donors (Lipinski definition) is 1. The van der Waals surface area contributed by atoms with E-state index >= 15 is 0 Å². The molecular formula is C11H17N3OS. The molecule has 2 rings (SSSR count). The van der Waals surface area contributed by atoms with Crippen molar-refractivity contribution >= 4 is 17.2 Å². The van der Waals surface area contributed by atoms with Gasteiger partial charge in [0.25, 0.3) is 5.91 Å². The zero-order chi connectivity index (χ0) is 11.8. The zero-order valence-electron chi connectivity index (χ0n) is 9.69. The molecule has 1 aromatic heterocycles. The number of likely N-dealkylation sites (tertiary alicyclic amines) is 1. The number of amides is 1. The van der Waals surface area contributed by atoms with E-state index in [9.17, 15) is 4.79 Å². The fourth-order valence-electron chi connectivity index (χ4n) is 1.95. The fraction of sp³-hybridized carbons (Fsp3) is 0.636. The van der Waals surface area contributed by atoms with Crippen LogP contribution in [0.5, 0.6) is 0 Å². The van der Waals surface area contributed by atoms with Crippen LogP contribution < -0.4 is 5.73 Å². The largest absolute Gasteiger partial charge is 0.337 e. The second kappa shape index (κ2) is 4.14. The first-order valence-corrected chi connectivity index (χ1v) is 6.33. The van der Waals surface area contributed by atoms with Crippen molar-refractivity contribution in [2.45, 2.75) is 26.8 Å². The number of rotatable bonds is 2. The number of nitrogens with two attached hydrogens (primary N) is 1. The summed E-state index contributed by atoms with van der Waals surface area (Å²) in [6, 6.07) is 0. The van der Waals surface area contributed by atoms with E-state index in [0.29, 0.717) is 12.2 Å². The van der Waals surface area contributed by atoms with Crippen molar-refractivity contribution in [3.8, 4) is 0 Å². The van der Waals surface area contributed by atoms with Crippen LogP contribution in [0.3, 0.4) is 0 Å². The Kier molecular flexibility index (Phi) is 2.99. The molecule has 1 aliphatic heterocycles. The minimum absolute atomic E-state index is 0.0431. The van der Waals surface area contributed by atoms with Crippen LogP contribution in [-0.2, 0) is 6.54 Å². The molecule has 2 N–H and O–H groups in total. The summed E-state index contributed by atoms with van der Waals surface area (Å²) in [6.45, 7) is 6.44. The lowest BCUT2D eigenvalue weighted by atomic mass is 9.93. The Morgan fingerprint density at radius 1 is 1.69 bits per heavy atom. The lowest BCUT2D eigenvalue weighted by Crippen LogP contribution is -2.30. The average Bonchev–Trinajstić information content (AvgIpc) is 2.83. The molecule has 0 unspecified atom stereocenters. The van der Waals surface area contributed by atoms with Gasteiger partial charge < -0.3 is 10.6 Å². The summed E-state index contributed by atoms with van der Waals surface area (Å²) in [4.78, 5) is 18.2. The maximum atomic E-state index is 12.1. The molecule has 5 heteroatoms. The van der Waals surface area contributed by atoms with E-state index in [1.54, 1.807) is 5.38 Å². The molecule has 0 radical (unpaired) electrons. The third-order valence-electron chi connectivity index (χ3n) is 2.91. The molecular weight excluding hydrogens is 222 g/mol. The summed E-state index contributed by atoms with van der Waals surface area (Å²) < 4.78 is 0. The van der Waals surface area contributed by atoms with E-state index in [2.05, 4.69) is 18.8 Å². The Balaban J connectivity index is 2.08. The molecule has 1 fully saturated rings. The van der Waals surface area contributed by atoms with Crippen LogP contribution in [0, 0.1) is 5.41 Å². The van der Waals surface area contributed by atoms with Crippen molar-refractivity contribution < 1.29 is 4.79 Å². The molecule has 1 aliphatic rings. The molecule has 1 aromatic rings. The first-order valence-electron chi connectivity index (χ1n) is 5.45. The molecule has 0 spiro atoms. The molecule has 0 atom stereocenters. The summed E-state index contributed by atoms with van der Waals surface area (Å²) in [5, 5.41) is 2.62. The van der Waals surface area contributed by atoms with E-state index in [4.69, 9.17) is 5.73 Å². The number of aromatic nitrogens is 1. The van der Waals surface area contributed by atoms with Gasteiger partial charge in [-0.25, -0.2) is 4.98 Å². The second-order valence-electron chi connectivity index (χ2n) is 4.97. The van der Waals surface area contributed by atoms with Crippen LogP contribution in [0.15, 0.2) is 5.38 Å². The molecule has 1 saturated heterocycles. The summed E-state index contributed by atoms with van der Waals surface area (Å²) >= 11 is 1.45. The van der Waals surface area contributed by atoms with Crippen LogP contribution >= 0.6 is 11.3 Å². The predicted molar refractivity (Wildman–Crippen MR) is 64.3 cm³/mol. The standard InChI is InChI=1S/C11H17N3OS/c1-11(2)3-4-14(7-11)10(15)8-6-16-9(5-12)13-8/h6H,3-5,7,12H2,1-2H3. The minimum atomic E-state index is 0.0431. The quantitative estimate of drug-likeness (QED) is 0.850. The minimum Gasteiger partial charge on any atom is -0.337 e. The van der Waals surface area contributed by atoms with E-state index in [1.165, 1.54) is 11.3 Å². The van der Waals surface area contributed by atoms with Gasteiger partial charge in [0, 0.05) is 25.0 Å². The predicted octanol–water partition coefficient (Wildman–Crippen LogP) is 1.47. The van der Waals surface area contributed by atoms with Crippen molar-refractivity contribution in [1.29, 1.82) is 0 Å². The number of thiazole rings is 1. The molecule has 0 bridgehead atoms. The lowest BCUT2D eigenvalue weighted by molar-refractivity contribution is 0.0773. The number of hydrogen-bond acceptors (Lipinski definition) is 4. The van der Waals surface area contributed by atoms with Gasteiger partial charge in [0.15, 0.2) is 0 Å². The Morgan fingerprint density at radius 3 is 2.94 bits per heavy atom. The van der Waals surface area contributed by atoms with E-state index in [1.807, 2.05) is 4.90 Å². The van der Waals surface area contributed by atoms with Crippen molar-refractivity contribution in [1.82, 2.24) is 9.88 Å². The average molecular weight is 239 g/mol. The van der Waals surface area contributed by atoms with Gasteiger partial charge in [-0.15, -0.1) is 11.3 Å². The monoisotopic (exact) mass is 239 g/mol. The maximum absolute atomic E-state index is 12.1. The SMILES string of the molecule is CC1(C)CCN(C(=O)c2csc(CN)n2)C1. The van der Waals surface area contributed by atoms with E-state index in [0.717, 1.165) is 24.5 Å². The fourth-order valence-corrected chi connectivity index (χ4v) is 2.60. The second-order valence-corrected chi connectivity index (χ2v) is 5.91. The Labute approximate surface area is 99.5 Å². The summed E-state index contributed by atoms with van der Waals surface area (Å²) in [7, 11) is 0. The van der Waals surface area contributed by atoms with Crippen molar-refractivity contribution in [3.05, 3.63) is 16.1 Å². The van der Waals surface area contributed by atoms with Crippen LogP contribution in [0.25, 0.3) is 0 Å². The van der Waals surface area contributed by atoms with Crippen molar-refractivity contribution in [3.63, 3.8) is 0 Å². The Morgan fingerprint density at radius 2 is 2.44 bits per heavy atom. The van der Waals surface area contributed by atoms with Crippen molar-refractivity contribution in [2.24, 2.45) is 11.1 Å². The Bertz CT molecular complexity index is 400. The topological polar surface area (TPSA) is 59.2 Å². The third-order valence-corrected chi connectivity index (χ3v) is 3.78. The molecule has 0 aliphatic carbocycles. The molecule has 0 aromatic carbocycles. The van der Waals surface area contributed by atoms with Gasteiger partial charge in [0.2, 0.25) is 0 Å². The highest BCUT2D eigenvalue weighted by Crippen LogP contribution is 2.29. The highest BCUT2D eigenvalue weighted by molar-refractivity contribution is 7.09. The maximum Gasteiger partial charge on any atom is 0.273 e. The first-order chi connectivity index (χ1) is 7.52. The molecule has 2 heterocycles. The third kappa shape index (κ3) is 2.25. The van der Waals surface area contributed by atoms with Gasteiger partial charge in [0.05, 0.1) is 0 Å². The summed E-state index contributed by atoms with van der Waals surface area (Å²) in [5.41, 5.74) is 6.27. The van der Waals surface area contributed by atoms with Gasteiger partial charge >= 0.3 is 0 Å². The summed E-state index contributed by atoms with van der Waals surface area (Å²) in [5.74, 6) is 0.0431. The molecule has 1 amide bonds. The first kappa shape index (κ1) is 11.5. The van der Waals surface area contributed by atoms with Gasteiger partial charge in [-0.05, 0) is 11.8 Å². The van der Waals surface area contributed by atoms with Gasteiger partial charge in [-0.3, -0.25) is 4.79 Å². The van der Waals surface area contributed by atoms with Gasteiger partial charge in [-0.1, -0.05) is 13.8 Å². The number of carbonyl (C=O) groups is 1. The molecule has 0 saturated carbocycles. The normalized spacial score (nSPS) is 19.1. The van der Waals surface area contributed by atoms with E-state index < -0.39 is 0 Å². The van der Waals surface area contributed by atoms with Crippen molar-refractivity contribution in [2.75, 3.05) is 13.1 Å². The van der Waals surface area contributed by atoms with Crippen LogP contribution in [0.2, 0.25) is 0 Å². The van der Waals surface area contributed by atoms with Crippen LogP contribution in [0.4, 0.5) is 0 Å². The molecule has 88 valence electrons. The highest BCUT2D eigenvalue weighted by atomic mass is 32.1. The smallest absolute Gasteiger partial charge is 0.273 e. The number of nitrogens with zero attached hydrogens (tertiary/aromatic N) is 2. The van der Waals surface area contributed by atoms with E-state index in [-0.39, 0.29) is 11.3 Å². The highest BCUT2D eigenvalue weighted by Gasteiger charge is 2.33. The molecule has 16 heavy (non-hydrogen) atoms. The zero-order valence-corrected chi connectivity index (χ0v) is 10.5. The molecule has 4 nitrogen and oxygen atoms in total. The number of carbonyl (C=O) groups excluding carboxylic acids is 1. The van der Waals surface area contributed by atoms with Crippen LogP contribution in [0.1, 0.15) is 35.8 Å². The van der Waals surface area contributed by atoms with Gasteiger partial charge in [0.1, 0.15) is 10.7 Å². The van der Waals surface area contributed by atoms with Gasteiger partial charge in [-0.2, -0.15) is 0 Å². The Hall–Kier alpha value is -0.940. The lowest BCUT2D eigenvalue weighted by Gasteiger charge is -2.18.